The van der Waals surface area contributed by atoms with Gasteiger partial charge in [0.25, 0.3) is 5.56 Å². The quantitative estimate of drug-likeness (QED) is 0.615. The van der Waals surface area contributed by atoms with Gasteiger partial charge < -0.3 is 14.6 Å². The molecule has 3 aromatic rings. The highest BCUT2D eigenvalue weighted by Crippen LogP contribution is 2.22. The largest absolute Gasteiger partial charge is 0.496 e. The monoisotopic (exact) mass is 359 g/mol. The van der Waals surface area contributed by atoms with E-state index in [0.29, 0.717) is 16.8 Å². The van der Waals surface area contributed by atoms with E-state index < -0.39 is 11.7 Å². The number of carbonyl (C=O) groups is 1. The number of anilines is 1. The van der Waals surface area contributed by atoms with Gasteiger partial charge in [0, 0.05) is 5.56 Å². The molecule has 3 N–H and O–H groups in total. The molecule has 2 heterocycles. The number of rotatable bonds is 5. The van der Waals surface area contributed by atoms with E-state index in [0.717, 1.165) is 5.56 Å². The molecule has 0 aliphatic rings. The highest BCUT2D eigenvalue weighted by atomic mass is 16.5. The van der Waals surface area contributed by atoms with Crippen LogP contribution in [0.15, 0.2) is 29.2 Å². The van der Waals surface area contributed by atoms with E-state index in [2.05, 4.69) is 25.1 Å². The number of aromatic amines is 1. The van der Waals surface area contributed by atoms with Gasteiger partial charge in [-0.05, 0) is 17.7 Å². The van der Waals surface area contributed by atoms with Crippen LogP contribution in [0.2, 0.25) is 0 Å². The smallest absolute Gasteiger partial charge is 0.413 e. The first-order valence-corrected chi connectivity index (χ1v) is 7.63. The van der Waals surface area contributed by atoms with Crippen LogP contribution in [-0.2, 0) is 17.9 Å². The molecule has 0 aliphatic carbocycles. The highest BCUT2D eigenvalue weighted by molar-refractivity contribution is 5.84. The van der Waals surface area contributed by atoms with Crippen LogP contribution in [0.5, 0.6) is 5.75 Å². The Labute approximate surface area is 147 Å². The number of ether oxygens (including phenoxy) is 2. The van der Waals surface area contributed by atoms with Gasteiger partial charge in [-0.1, -0.05) is 6.07 Å². The number of fused-ring (bicyclic) bond motifs is 1. The molecule has 0 radical (unpaired) electrons. The molecular weight excluding hydrogens is 342 g/mol. The Hall–Kier alpha value is -3.40. The van der Waals surface area contributed by atoms with Gasteiger partial charge in [0.05, 0.1) is 33.6 Å². The molecule has 0 spiro atoms. The number of aliphatic hydroxyl groups is 1. The first kappa shape index (κ1) is 17.4. The molecule has 0 fully saturated rings. The summed E-state index contributed by atoms with van der Waals surface area (Å²) in [6.07, 6.45) is 0.681. The first-order valence-electron chi connectivity index (χ1n) is 7.63. The van der Waals surface area contributed by atoms with Crippen molar-refractivity contribution >= 4 is 23.1 Å². The lowest BCUT2D eigenvalue weighted by Gasteiger charge is -2.11. The minimum Gasteiger partial charge on any atom is -0.496 e. The summed E-state index contributed by atoms with van der Waals surface area (Å²) in [7, 11) is 2.75. The fraction of sp³-hybridized carbons (Fsp3) is 0.250. The SMILES string of the molecule is COC(=O)Nc1nc2cnn(Cc3cc(CO)ccc3OC)c2c(=O)[nH]1. The van der Waals surface area contributed by atoms with Gasteiger partial charge in [-0.25, -0.2) is 9.78 Å². The highest BCUT2D eigenvalue weighted by Gasteiger charge is 2.14. The van der Waals surface area contributed by atoms with E-state index in [1.165, 1.54) is 25.1 Å². The summed E-state index contributed by atoms with van der Waals surface area (Å²) in [5, 5.41) is 15.8. The molecule has 136 valence electrons. The Kier molecular flexibility index (Phi) is 4.85. The minimum atomic E-state index is -0.745. The molecule has 10 nitrogen and oxygen atoms in total. The lowest BCUT2D eigenvalue weighted by molar-refractivity contribution is 0.186. The summed E-state index contributed by atoms with van der Waals surface area (Å²) < 4.78 is 11.3. The summed E-state index contributed by atoms with van der Waals surface area (Å²) in [6, 6.07) is 5.28. The van der Waals surface area contributed by atoms with Crippen molar-refractivity contribution in [2.75, 3.05) is 19.5 Å². The van der Waals surface area contributed by atoms with Crippen LogP contribution < -0.4 is 15.6 Å². The van der Waals surface area contributed by atoms with Gasteiger partial charge in [-0.2, -0.15) is 5.10 Å². The Balaban J connectivity index is 2.00. The molecule has 0 atom stereocenters. The van der Waals surface area contributed by atoms with Crippen molar-refractivity contribution in [1.29, 1.82) is 0 Å². The number of hydrogen-bond acceptors (Lipinski definition) is 7. The summed E-state index contributed by atoms with van der Waals surface area (Å²) in [4.78, 5) is 30.3. The molecule has 26 heavy (non-hydrogen) atoms. The van der Waals surface area contributed by atoms with Gasteiger partial charge in [0.1, 0.15) is 11.3 Å². The number of aromatic nitrogens is 4. The predicted molar refractivity (Wildman–Crippen MR) is 92.2 cm³/mol. The zero-order chi connectivity index (χ0) is 18.7. The van der Waals surface area contributed by atoms with Crippen LogP contribution in [0.25, 0.3) is 11.0 Å². The van der Waals surface area contributed by atoms with Crippen molar-refractivity contribution in [3.05, 3.63) is 45.9 Å². The fourth-order valence-corrected chi connectivity index (χ4v) is 2.55. The van der Waals surface area contributed by atoms with Gasteiger partial charge in [0.2, 0.25) is 5.95 Å². The average Bonchev–Trinajstić information content (AvgIpc) is 3.04. The third-order valence-electron chi connectivity index (χ3n) is 3.75. The van der Waals surface area contributed by atoms with Crippen LogP contribution in [-0.4, -0.2) is 45.2 Å². The van der Waals surface area contributed by atoms with Crippen LogP contribution in [0, 0.1) is 0 Å². The number of aliphatic hydroxyl groups excluding tert-OH is 1. The number of H-pyrrole nitrogens is 1. The van der Waals surface area contributed by atoms with Crippen molar-refractivity contribution < 1.29 is 19.4 Å². The van der Waals surface area contributed by atoms with Gasteiger partial charge in [-0.3, -0.25) is 19.8 Å². The van der Waals surface area contributed by atoms with Crippen molar-refractivity contribution in [2.24, 2.45) is 0 Å². The molecule has 3 rings (SSSR count). The topological polar surface area (TPSA) is 131 Å². The molecule has 10 heteroatoms. The lowest BCUT2D eigenvalue weighted by Crippen LogP contribution is -2.19. The van der Waals surface area contributed by atoms with Crippen molar-refractivity contribution in [3.8, 4) is 5.75 Å². The summed E-state index contributed by atoms with van der Waals surface area (Å²) in [5.74, 6) is 0.577. The second kappa shape index (κ2) is 7.23. The standard InChI is InChI=1S/C16H17N5O5/c1-25-12-4-3-9(8-22)5-10(12)7-21-13-11(6-17-21)18-15(19-14(13)23)20-16(24)26-2/h3-6,22H,7-8H2,1-2H3,(H2,18,19,20,23,24). The molecular formula is C16H17N5O5. The molecule has 1 aromatic carbocycles. The summed E-state index contributed by atoms with van der Waals surface area (Å²) in [5.41, 5.74) is 1.57. The van der Waals surface area contributed by atoms with Gasteiger partial charge in [0.15, 0.2) is 5.52 Å². The number of benzene rings is 1. The summed E-state index contributed by atoms with van der Waals surface area (Å²) >= 11 is 0. The van der Waals surface area contributed by atoms with E-state index >= 15 is 0 Å². The second-order valence-corrected chi connectivity index (χ2v) is 5.37. The first-order chi connectivity index (χ1) is 12.5. The molecule has 0 saturated heterocycles. The van der Waals surface area contributed by atoms with Crippen molar-refractivity contribution in [2.45, 2.75) is 13.2 Å². The van der Waals surface area contributed by atoms with Crippen molar-refractivity contribution in [1.82, 2.24) is 19.7 Å². The number of carbonyl (C=O) groups excluding carboxylic acids is 1. The Morgan fingerprint density at radius 3 is 2.88 bits per heavy atom. The maximum atomic E-state index is 12.4. The van der Waals surface area contributed by atoms with Crippen LogP contribution >= 0.6 is 0 Å². The van der Waals surface area contributed by atoms with E-state index in [-0.39, 0.29) is 24.6 Å². The third-order valence-corrected chi connectivity index (χ3v) is 3.75. The van der Waals surface area contributed by atoms with E-state index in [1.54, 1.807) is 18.2 Å². The zero-order valence-electron chi connectivity index (χ0n) is 14.1. The molecule has 0 bridgehead atoms. The van der Waals surface area contributed by atoms with Crippen LogP contribution in [0.4, 0.5) is 10.7 Å². The third kappa shape index (κ3) is 3.35. The predicted octanol–water partition coefficient (Wildman–Crippen LogP) is 0.847. The minimum absolute atomic E-state index is 0.0336. The lowest BCUT2D eigenvalue weighted by atomic mass is 10.1. The van der Waals surface area contributed by atoms with Crippen molar-refractivity contribution in [3.63, 3.8) is 0 Å². The second-order valence-electron chi connectivity index (χ2n) is 5.37. The Morgan fingerprint density at radius 1 is 1.38 bits per heavy atom. The van der Waals surface area contributed by atoms with Gasteiger partial charge >= 0.3 is 6.09 Å². The zero-order valence-corrected chi connectivity index (χ0v) is 14.1. The van der Waals surface area contributed by atoms with E-state index in [1.807, 2.05) is 0 Å². The van der Waals surface area contributed by atoms with E-state index in [4.69, 9.17) is 4.74 Å². The molecule has 0 unspecified atom stereocenters. The molecule has 1 amide bonds. The fourth-order valence-electron chi connectivity index (χ4n) is 2.55. The van der Waals surface area contributed by atoms with Gasteiger partial charge in [-0.15, -0.1) is 0 Å². The maximum Gasteiger partial charge on any atom is 0.413 e. The number of amides is 1. The van der Waals surface area contributed by atoms with Crippen LogP contribution in [0.3, 0.4) is 0 Å². The number of nitrogens with zero attached hydrogens (tertiary/aromatic N) is 3. The summed E-state index contributed by atoms with van der Waals surface area (Å²) in [6.45, 7) is 0.136. The molecule has 0 saturated carbocycles. The molecule has 2 aromatic heterocycles. The Bertz CT molecular complexity index is 1010. The van der Waals surface area contributed by atoms with E-state index in [9.17, 15) is 14.7 Å². The number of nitrogens with one attached hydrogen (secondary N) is 2. The Morgan fingerprint density at radius 2 is 2.19 bits per heavy atom. The number of methoxy groups -OCH3 is 2. The normalized spacial score (nSPS) is 10.7. The maximum absolute atomic E-state index is 12.4. The average molecular weight is 359 g/mol. The number of hydrogen-bond donors (Lipinski definition) is 3. The molecule has 0 aliphatic heterocycles. The van der Waals surface area contributed by atoms with Crippen LogP contribution in [0.1, 0.15) is 11.1 Å².